The summed E-state index contributed by atoms with van der Waals surface area (Å²) < 4.78 is 1.89. The predicted molar refractivity (Wildman–Crippen MR) is 337 cm³/mol. The van der Waals surface area contributed by atoms with E-state index in [1.165, 1.54) is 30.7 Å². The normalized spacial score (nSPS) is 11.6. The molecule has 0 saturated heterocycles. The van der Waals surface area contributed by atoms with Gasteiger partial charge in [-0.3, -0.25) is 34.9 Å². The highest BCUT2D eigenvalue weighted by Gasteiger charge is 2.31. The molecule has 22 nitrogen and oxygen atoms in total. The molecule has 440 valence electrons. The molecule has 0 radical (unpaired) electrons. The third kappa shape index (κ3) is 17.6. The number of hydrogen-bond donors (Lipinski definition) is 3. The molecular weight excluding hydrogens is 1260 g/mol. The molecule has 6 rings (SSSR count). The number of aromatic amines is 1. The molecule has 2 amide bonds. The molecule has 0 aliphatic rings. The molecule has 0 aliphatic carbocycles. The van der Waals surface area contributed by atoms with Crippen molar-refractivity contribution in [2.45, 2.75) is 146 Å². The van der Waals surface area contributed by atoms with Crippen molar-refractivity contribution in [1.82, 2.24) is 20.0 Å². The number of carbonyl (C=O) groups excluding carboxylic acids is 2. The predicted octanol–water partition coefficient (Wildman–Crippen LogP) is 17.3. The first-order chi connectivity index (χ1) is 38.5. The van der Waals surface area contributed by atoms with E-state index in [1.807, 2.05) is 94.5 Å². The van der Waals surface area contributed by atoms with Gasteiger partial charge in [-0.25, -0.2) is 4.68 Å². The van der Waals surface area contributed by atoms with E-state index in [1.54, 1.807) is 6.07 Å². The Balaban J connectivity index is 0.000000306. The van der Waals surface area contributed by atoms with Gasteiger partial charge >= 0.3 is 0 Å². The molecule has 4 aromatic carbocycles. The SMILES string of the molecule is CC(=O)Nc1cc(N(C(C)C)C(C)C)ccc1N=Nc1c(C#N)c(C(C)(C)C)nn1-c1c(Cl)cc([N+](=O)[O-])cc1Cl.CC(=O)Nc1cc(N(C(C)C)C(C)C)ccc1N=Nc1n[nH]c(C(C)(C)C)c1C#N.O=[N+]([O-])c1cc(Cl)c(I)c(Cl)c1. The van der Waals surface area contributed by atoms with Gasteiger partial charge in [0.15, 0.2) is 5.82 Å². The summed E-state index contributed by atoms with van der Waals surface area (Å²) in [6.45, 7) is 31.3. The molecule has 0 fully saturated rings. The second-order valence-corrected chi connectivity index (χ2v) is 24.5. The third-order valence-corrected chi connectivity index (χ3v) is 14.8. The highest BCUT2D eigenvalue weighted by Crippen LogP contribution is 2.42. The van der Waals surface area contributed by atoms with Crippen LogP contribution in [-0.4, -0.2) is 65.8 Å². The molecule has 83 heavy (non-hydrogen) atoms. The summed E-state index contributed by atoms with van der Waals surface area (Å²) in [6.07, 6.45) is 0. The van der Waals surface area contributed by atoms with Crippen LogP contribution in [-0.2, 0) is 20.4 Å². The first-order valence-electron chi connectivity index (χ1n) is 25.7. The van der Waals surface area contributed by atoms with Crippen LogP contribution in [0, 0.1) is 46.5 Å². The Morgan fingerprint density at radius 2 is 1.05 bits per heavy atom. The topological polar surface area (TPSA) is 294 Å². The molecule has 0 spiro atoms. The van der Waals surface area contributed by atoms with Gasteiger partial charge in [0.1, 0.15) is 40.3 Å². The number of rotatable bonds is 15. The zero-order chi connectivity index (χ0) is 62.7. The van der Waals surface area contributed by atoms with Crippen LogP contribution in [0.3, 0.4) is 0 Å². The smallest absolute Gasteiger partial charge is 0.272 e. The Morgan fingerprint density at radius 3 is 1.40 bits per heavy atom. The number of carbonyl (C=O) groups is 2. The van der Waals surface area contributed by atoms with Gasteiger partial charge in [-0.2, -0.15) is 20.7 Å². The number of nitriles is 2. The fourth-order valence-electron chi connectivity index (χ4n) is 8.56. The number of anilines is 4. The van der Waals surface area contributed by atoms with Gasteiger partial charge in [0.05, 0.1) is 56.3 Å². The highest BCUT2D eigenvalue weighted by molar-refractivity contribution is 14.1. The summed E-state index contributed by atoms with van der Waals surface area (Å²) >= 11 is 26.1. The molecular formula is C56H65Cl4IN16O6. The lowest BCUT2D eigenvalue weighted by Gasteiger charge is -2.33. The Kier molecular flexibility index (Phi) is 23.7. The molecule has 0 bridgehead atoms. The summed E-state index contributed by atoms with van der Waals surface area (Å²) in [5.74, 6) is -0.233. The maximum absolute atomic E-state index is 12.1. The van der Waals surface area contributed by atoms with E-state index in [4.69, 9.17) is 46.4 Å². The number of H-pyrrole nitrogens is 1. The first-order valence-corrected chi connectivity index (χ1v) is 28.3. The average molecular weight is 1330 g/mol. The Morgan fingerprint density at radius 1 is 0.651 bits per heavy atom. The molecule has 0 aliphatic heterocycles. The van der Waals surface area contributed by atoms with Crippen molar-refractivity contribution in [3.63, 3.8) is 0 Å². The molecule has 0 saturated carbocycles. The van der Waals surface area contributed by atoms with Crippen molar-refractivity contribution in [1.29, 1.82) is 10.5 Å². The van der Waals surface area contributed by atoms with Crippen LogP contribution in [0.4, 0.5) is 57.1 Å². The maximum Gasteiger partial charge on any atom is 0.272 e. The molecule has 0 atom stereocenters. The van der Waals surface area contributed by atoms with Crippen molar-refractivity contribution < 1.29 is 19.4 Å². The van der Waals surface area contributed by atoms with Gasteiger partial charge in [0.25, 0.3) is 11.4 Å². The first kappa shape index (κ1) is 68.2. The zero-order valence-electron chi connectivity index (χ0n) is 48.7. The minimum atomic E-state index is -0.612. The monoisotopic (exact) mass is 1320 g/mol. The second-order valence-electron chi connectivity index (χ2n) is 21.8. The Hall–Kier alpha value is -7.29. The standard InChI is InChI=1S/C28H32Cl2N8O3.C22H31N7O.C6H2Cl2INO2/c1-15(2)36(16(3)4)18-9-10-23(24(13-18)32-17(5)39)33-34-27-20(14-31)26(28(6,7)8)35-37(27)25-21(29)11-19(38(40)41)12-22(25)30;1-13(2)29(14(3)4)16-9-10-18(19(11-16)24-15(5)30)25-27-21-17(12-23)20(26-28-21)22(6,7)8;7-4-1-3(10(11)12)2-5(8)6(4)9/h9-13,15-16H,1-8H3,(H,32,39);9-11,13-14H,1-8H3,(H,24,30)(H,26,28);1-2H. The number of nitrogens with one attached hydrogen (secondary N) is 3. The molecule has 3 N–H and O–H groups in total. The van der Waals surface area contributed by atoms with E-state index >= 15 is 0 Å². The second kappa shape index (κ2) is 28.8. The number of non-ortho nitro benzene ring substituents is 2. The van der Waals surface area contributed by atoms with E-state index in [-0.39, 0.29) is 73.6 Å². The van der Waals surface area contributed by atoms with Crippen LogP contribution in [0.25, 0.3) is 5.69 Å². The summed E-state index contributed by atoms with van der Waals surface area (Å²) in [7, 11) is 0. The summed E-state index contributed by atoms with van der Waals surface area (Å²) in [6, 6.07) is 21.2. The Bertz CT molecular complexity index is 3490. The quantitative estimate of drug-likeness (QED) is 0.0284. The van der Waals surface area contributed by atoms with Crippen molar-refractivity contribution in [3.8, 4) is 17.8 Å². The van der Waals surface area contributed by atoms with E-state index in [9.17, 15) is 40.3 Å². The van der Waals surface area contributed by atoms with Crippen LogP contribution < -0.4 is 20.4 Å². The van der Waals surface area contributed by atoms with Gasteiger partial charge in [0, 0.05) is 84.5 Å². The molecule has 6 aromatic rings. The number of nitro groups is 2. The van der Waals surface area contributed by atoms with E-state index in [2.05, 4.69) is 124 Å². The average Bonchev–Trinajstić information content (AvgIpc) is 4.02. The van der Waals surface area contributed by atoms with Crippen LogP contribution in [0.1, 0.15) is 133 Å². The van der Waals surface area contributed by atoms with Gasteiger partial charge in [0.2, 0.25) is 17.6 Å². The van der Waals surface area contributed by atoms with Crippen molar-refractivity contribution in [3.05, 3.63) is 127 Å². The van der Waals surface area contributed by atoms with Gasteiger partial charge < -0.3 is 20.4 Å². The van der Waals surface area contributed by atoms with Crippen LogP contribution in [0.2, 0.25) is 20.1 Å². The van der Waals surface area contributed by atoms with Crippen molar-refractivity contribution >= 4 is 138 Å². The maximum atomic E-state index is 12.1. The highest BCUT2D eigenvalue weighted by atomic mass is 127. The lowest BCUT2D eigenvalue weighted by molar-refractivity contribution is -0.385. The van der Waals surface area contributed by atoms with Crippen molar-refractivity contribution in [2.24, 2.45) is 20.5 Å². The van der Waals surface area contributed by atoms with Gasteiger partial charge in [-0.05, 0) is 114 Å². The van der Waals surface area contributed by atoms with Crippen LogP contribution >= 0.6 is 69.0 Å². The van der Waals surface area contributed by atoms with E-state index in [0.29, 0.717) is 65.4 Å². The number of azo groups is 2. The van der Waals surface area contributed by atoms with E-state index < -0.39 is 15.3 Å². The number of hydrogen-bond acceptors (Lipinski definition) is 16. The molecule has 0 unspecified atom stereocenters. The summed E-state index contributed by atoms with van der Waals surface area (Å²) in [5.41, 5.74) is 4.17. The Labute approximate surface area is 516 Å². The molecule has 2 heterocycles. The summed E-state index contributed by atoms with van der Waals surface area (Å²) in [4.78, 5) is 48.7. The lowest BCUT2D eigenvalue weighted by atomic mass is 9.90. The fourth-order valence-corrected chi connectivity index (χ4v) is 9.98. The third-order valence-electron chi connectivity index (χ3n) is 11.8. The molecule has 2 aromatic heterocycles. The largest absolute Gasteiger partial charge is 0.367 e. The van der Waals surface area contributed by atoms with Crippen LogP contribution in [0.15, 0.2) is 81.1 Å². The minimum Gasteiger partial charge on any atom is -0.367 e. The van der Waals surface area contributed by atoms with Crippen molar-refractivity contribution in [2.75, 3.05) is 20.4 Å². The number of nitrogens with zero attached hydrogens (tertiary/aromatic N) is 13. The number of aromatic nitrogens is 4. The van der Waals surface area contributed by atoms with Gasteiger partial charge in [-0.1, -0.05) is 87.9 Å². The minimum absolute atomic E-state index is 0.0268. The number of amides is 2. The number of nitro benzene ring substituents is 2. The zero-order valence-corrected chi connectivity index (χ0v) is 53.9. The summed E-state index contributed by atoms with van der Waals surface area (Å²) in [5, 5.41) is 76.3. The van der Waals surface area contributed by atoms with Crippen LogP contribution in [0.5, 0.6) is 0 Å². The number of benzene rings is 4. The lowest BCUT2D eigenvalue weighted by Crippen LogP contribution is -2.37. The van der Waals surface area contributed by atoms with E-state index in [0.717, 1.165) is 23.5 Å². The fraction of sp³-hybridized carbons (Fsp3) is 0.393. The number of halogens is 5. The molecule has 27 heteroatoms. The van der Waals surface area contributed by atoms with Gasteiger partial charge in [-0.15, -0.1) is 20.5 Å².